The van der Waals surface area contributed by atoms with E-state index in [-0.39, 0.29) is 39.6 Å². The monoisotopic (exact) mass is 433 g/mol. The Labute approximate surface area is 179 Å². The Bertz CT molecular complexity index is 927. The van der Waals surface area contributed by atoms with Gasteiger partial charge in [0.15, 0.2) is 0 Å². The van der Waals surface area contributed by atoms with Crippen LogP contribution in [0.15, 0.2) is 22.7 Å². The van der Waals surface area contributed by atoms with Crippen LogP contribution < -0.4 is 0 Å². The molecule has 2 aromatic rings. The number of carbonyl (C=O) groups is 2. The molecule has 0 saturated carbocycles. The zero-order valence-electron chi connectivity index (χ0n) is 17.0. The highest BCUT2D eigenvalue weighted by Crippen LogP contribution is 2.34. The van der Waals surface area contributed by atoms with Gasteiger partial charge in [0.25, 0.3) is 5.91 Å². The fraction of sp³-hybridized carbons (Fsp3) is 0.500. The van der Waals surface area contributed by atoms with Gasteiger partial charge in [-0.25, -0.2) is 4.39 Å². The number of likely N-dealkylation sites (tertiary alicyclic amines) is 2. The summed E-state index contributed by atoms with van der Waals surface area (Å²) in [6, 6.07) is 4.33. The smallest absolute Gasteiger partial charge is 0.259 e. The lowest BCUT2D eigenvalue weighted by molar-refractivity contribution is -0.137. The average Bonchev–Trinajstić information content (AvgIpc) is 3.14. The second-order valence-corrected chi connectivity index (χ2v) is 8.42. The number of nitrogens with zero attached hydrogens (tertiary/aromatic N) is 3. The summed E-state index contributed by atoms with van der Waals surface area (Å²) in [6.07, 6.45) is 4.57. The van der Waals surface area contributed by atoms with Crippen LogP contribution in [-0.4, -0.2) is 52.9 Å². The quantitative estimate of drug-likeness (QED) is 0.723. The normalized spacial score (nSPS) is 18.0. The van der Waals surface area contributed by atoms with Gasteiger partial charge in [-0.2, -0.15) is 0 Å². The van der Waals surface area contributed by atoms with E-state index in [4.69, 9.17) is 16.1 Å². The summed E-state index contributed by atoms with van der Waals surface area (Å²) in [6.45, 7) is 4.25. The lowest BCUT2D eigenvalue weighted by Crippen LogP contribution is -2.45. The van der Waals surface area contributed by atoms with Crippen molar-refractivity contribution in [2.75, 3.05) is 26.2 Å². The predicted molar refractivity (Wildman–Crippen MR) is 111 cm³/mol. The lowest BCUT2D eigenvalue weighted by atomic mass is 9.93. The molecule has 0 aliphatic carbocycles. The molecular formula is C22H25ClFN3O3. The van der Waals surface area contributed by atoms with Gasteiger partial charge < -0.3 is 14.3 Å². The summed E-state index contributed by atoms with van der Waals surface area (Å²) in [5.74, 6) is -0.346. The van der Waals surface area contributed by atoms with E-state index in [0.717, 1.165) is 25.9 Å². The van der Waals surface area contributed by atoms with Crippen LogP contribution in [0.3, 0.4) is 0 Å². The minimum Gasteiger partial charge on any atom is -0.360 e. The van der Waals surface area contributed by atoms with Gasteiger partial charge in [0.2, 0.25) is 5.91 Å². The molecule has 3 heterocycles. The van der Waals surface area contributed by atoms with E-state index in [1.165, 1.54) is 18.6 Å². The van der Waals surface area contributed by atoms with Crippen molar-refractivity contribution in [3.63, 3.8) is 0 Å². The molecule has 8 heteroatoms. The fourth-order valence-corrected chi connectivity index (χ4v) is 4.63. The maximum Gasteiger partial charge on any atom is 0.259 e. The number of benzene rings is 1. The van der Waals surface area contributed by atoms with Gasteiger partial charge in [0.05, 0.1) is 10.6 Å². The molecule has 0 spiro atoms. The number of aryl methyl sites for hydroxylation is 1. The van der Waals surface area contributed by atoms with Crippen molar-refractivity contribution >= 4 is 23.4 Å². The van der Waals surface area contributed by atoms with E-state index < -0.39 is 5.82 Å². The second-order valence-electron chi connectivity index (χ2n) is 8.01. The summed E-state index contributed by atoms with van der Waals surface area (Å²) in [5.41, 5.74) is 0.407. The molecule has 0 bridgehead atoms. The van der Waals surface area contributed by atoms with Crippen LogP contribution in [-0.2, 0) is 4.79 Å². The summed E-state index contributed by atoms with van der Waals surface area (Å²) < 4.78 is 19.6. The maximum atomic E-state index is 14.4. The van der Waals surface area contributed by atoms with Crippen molar-refractivity contribution in [2.45, 2.75) is 39.0 Å². The van der Waals surface area contributed by atoms with Crippen molar-refractivity contribution in [1.82, 2.24) is 15.0 Å². The van der Waals surface area contributed by atoms with E-state index in [1.54, 1.807) is 17.9 Å². The van der Waals surface area contributed by atoms with E-state index in [1.807, 2.05) is 4.90 Å². The largest absolute Gasteiger partial charge is 0.360 e. The Kier molecular flexibility index (Phi) is 6.09. The predicted octanol–water partition coefficient (Wildman–Crippen LogP) is 4.31. The molecule has 0 unspecified atom stereocenters. The number of piperidine rings is 2. The first-order valence-electron chi connectivity index (χ1n) is 10.5. The molecule has 160 valence electrons. The molecule has 2 fully saturated rings. The summed E-state index contributed by atoms with van der Waals surface area (Å²) in [7, 11) is 0. The highest BCUT2D eigenvalue weighted by atomic mass is 35.5. The number of amides is 2. The molecule has 30 heavy (non-hydrogen) atoms. The Morgan fingerprint density at radius 3 is 2.47 bits per heavy atom. The second kappa shape index (κ2) is 8.76. The SMILES string of the molecule is Cc1onc(-c2c(F)cccc2Cl)c1C(=O)N1CCC(C(=O)N2CCCCC2)CC1. The van der Waals surface area contributed by atoms with E-state index >= 15 is 0 Å². The van der Waals surface area contributed by atoms with Crippen LogP contribution in [0.4, 0.5) is 4.39 Å². The lowest BCUT2D eigenvalue weighted by Gasteiger charge is -2.35. The van der Waals surface area contributed by atoms with Crippen molar-refractivity contribution in [3.8, 4) is 11.3 Å². The van der Waals surface area contributed by atoms with Gasteiger partial charge in [-0.1, -0.05) is 22.8 Å². The van der Waals surface area contributed by atoms with Crippen LogP contribution in [0.2, 0.25) is 5.02 Å². The van der Waals surface area contributed by atoms with Gasteiger partial charge in [0, 0.05) is 32.1 Å². The summed E-state index contributed by atoms with van der Waals surface area (Å²) >= 11 is 6.17. The number of aromatic nitrogens is 1. The molecule has 0 atom stereocenters. The van der Waals surface area contributed by atoms with E-state index in [9.17, 15) is 14.0 Å². The van der Waals surface area contributed by atoms with Crippen LogP contribution >= 0.6 is 11.6 Å². The third-order valence-corrected chi connectivity index (χ3v) is 6.39. The van der Waals surface area contributed by atoms with Crippen LogP contribution in [0.25, 0.3) is 11.3 Å². The molecule has 4 rings (SSSR count). The maximum absolute atomic E-state index is 14.4. The molecule has 2 amide bonds. The topological polar surface area (TPSA) is 66.7 Å². The standard InChI is InChI=1S/C22H25ClFN3O3/c1-14-18(20(25-30-14)19-16(23)6-5-7-17(19)24)22(29)27-12-8-15(9-13-27)21(28)26-10-3-2-4-11-26/h5-7,15H,2-4,8-13H2,1H3. The average molecular weight is 434 g/mol. The minimum atomic E-state index is -0.560. The van der Waals surface area contributed by atoms with Crippen molar-refractivity contribution in [1.29, 1.82) is 0 Å². The van der Waals surface area contributed by atoms with Crippen LogP contribution in [0.5, 0.6) is 0 Å². The Morgan fingerprint density at radius 1 is 1.10 bits per heavy atom. The Hall–Kier alpha value is -2.41. The number of halogens is 2. The zero-order chi connectivity index (χ0) is 21.3. The van der Waals surface area contributed by atoms with Gasteiger partial charge in [0.1, 0.15) is 22.8 Å². The first kappa shape index (κ1) is 20.8. The first-order valence-corrected chi connectivity index (χ1v) is 10.8. The number of hydrogen-bond acceptors (Lipinski definition) is 4. The Morgan fingerprint density at radius 2 is 1.80 bits per heavy atom. The first-order chi connectivity index (χ1) is 14.5. The van der Waals surface area contributed by atoms with E-state index in [2.05, 4.69) is 5.16 Å². The molecule has 2 aliphatic heterocycles. The molecule has 1 aromatic carbocycles. The van der Waals surface area contributed by atoms with Gasteiger partial charge in [-0.05, 0) is 51.2 Å². The molecule has 6 nitrogen and oxygen atoms in total. The number of carbonyl (C=O) groups excluding carboxylic acids is 2. The molecule has 2 saturated heterocycles. The molecule has 1 aromatic heterocycles. The van der Waals surface area contributed by atoms with Crippen molar-refractivity contribution < 1.29 is 18.5 Å². The summed E-state index contributed by atoms with van der Waals surface area (Å²) in [5, 5.41) is 4.09. The fourth-order valence-electron chi connectivity index (χ4n) is 4.38. The van der Waals surface area contributed by atoms with Crippen molar-refractivity contribution in [3.05, 3.63) is 40.4 Å². The summed E-state index contributed by atoms with van der Waals surface area (Å²) in [4.78, 5) is 29.7. The van der Waals surface area contributed by atoms with Crippen molar-refractivity contribution in [2.24, 2.45) is 5.92 Å². The third kappa shape index (κ3) is 3.95. The number of rotatable bonds is 3. The van der Waals surface area contributed by atoms with Gasteiger partial charge in [-0.15, -0.1) is 0 Å². The van der Waals surface area contributed by atoms with Crippen LogP contribution in [0.1, 0.15) is 48.2 Å². The molecule has 0 N–H and O–H groups in total. The highest BCUT2D eigenvalue weighted by molar-refractivity contribution is 6.33. The highest BCUT2D eigenvalue weighted by Gasteiger charge is 2.34. The van der Waals surface area contributed by atoms with Gasteiger partial charge in [-0.3, -0.25) is 9.59 Å². The van der Waals surface area contributed by atoms with Crippen LogP contribution in [0, 0.1) is 18.7 Å². The molecular weight excluding hydrogens is 409 g/mol. The number of hydrogen-bond donors (Lipinski definition) is 0. The Balaban J connectivity index is 1.49. The minimum absolute atomic E-state index is 0.0452. The molecule has 0 radical (unpaired) electrons. The van der Waals surface area contributed by atoms with Gasteiger partial charge >= 0.3 is 0 Å². The zero-order valence-corrected chi connectivity index (χ0v) is 17.8. The van der Waals surface area contributed by atoms with E-state index in [0.29, 0.717) is 31.7 Å². The third-order valence-electron chi connectivity index (χ3n) is 6.08. The molecule has 2 aliphatic rings.